The van der Waals surface area contributed by atoms with Gasteiger partial charge in [-0.1, -0.05) is 72.8 Å². The molecule has 0 radical (unpaired) electrons. The van der Waals surface area contributed by atoms with Crippen molar-refractivity contribution in [1.29, 1.82) is 0 Å². The van der Waals surface area contributed by atoms with E-state index in [1.807, 2.05) is 36.4 Å². The van der Waals surface area contributed by atoms with Crippen molar-refractivity contribution in [2.24, 2.45) is 5.73 Å². The van der Waals surface area contributed by atoms with E-state index in [2.05, 4.69) is 10.3 Å². The topological polar surface area (TPSA) is 136 Å². The molecule has 3 aromatic carbocycles. The SMILES string of the molecule is Cl.NC(CC(=O)NCC(O)(CCc1ccccc1)c1nc2ccccc2o1)S(=O)(=O)Cc1ccccc1. The molecule has 0 fully saturated rings. The summed E-state index contributed by atoms with van der Waals surface area (Å²) < 4.78 is 31.1. The standard InChI is InChI=1S/C27H29N3O5S.ClH/c28-24(36(33,34)18-21-11-5-2-6-12-21)17-25(31)29-19-27(32,16-15-20-9-3-1-4-10-20)26-30-22-13-7-8-14-23(22)35-26;/h1-14,24,32H,15-19,28H2,(H,29,31);1H. The van der Waals surface area contributed by atoms with E-state index in [1.165, 1.54) is 0 Å². The summed E-state index contributed by atoms with van der Waals surface area (Å²) in [6.45, 7) is -0.211. The van der Waals surface area contributed by atoms with Crippen molar-refractivity contribution in [2.75, 3.05) is 6.54 Å². The minimum atomic E-state index is -3.75. The van der Waals surface area contributed by atoms with E-state index in [-0.39, 0.29) is 37.0 Å². The highest BCUT2D eigenvalue weighted by molar-refractivity contribution is 7.91. The Labute approximate surface area is 222 Å². The normalized spacial score (nSPS) is 13.9. The molecular weight excluding hydrogens is 514 g/mol. The molecule has 2 unspecified atom stereocenters. The van der Waals surface area contributed by atoms with Crippen molar-refractivity contribution < 1.29 is 22.7 Å². The number of aromatic nitrogens is 1. The summed E-state index contributed by atoms with van der Waals surface area (Å²) in [6, 6.07) is 25.4. The molecule has 0 saturated carbocycles. The molecule has 1 heterocycles. The fourth-order valence-corrected chi connectivity index (χ4v) is 5.15. The molecule has 1 aromatic heterocycles. The van der Waals surface area contributed by atoms with E-state index in [9.17, 15) is 18.3 Å². The number of hydrogen-bond donors (Lipinski definition) is 3. The Hall–Kier alpha value is -3.24. The molecule has 0 aliphatic heterocycles. The van der Waals surface area contributed by atoms with Crippen molar-refractivity contribution in [2.45, 2.75) is 36.0 Å². The minimum absolute atomic E-state index is 0. The van der Waals surface area contributed by atoms with Crippen LogP contribution in [0.5, 0.6) is 0 Å². The third kappa shape index (κ3) is 7.39. The smallest absolute Gasteiger partial charge is 0.229 e. The monoisotopic (exact) mass is 543 g/mol. The molecule has 4 rings (SSSR count). The highest BCUT2D eigenvalue weighted by Crippen LogP contribution is 2.29. The van der Waals surface area contributed by atoms with Crippen LogP contribution >= 0.6 is 12.4 Å². The van der Waals surface area contributed by atoms with Gasteiger partial charge in [-0.05, 0) is 36.1 Å². The highest BCUT2D eigenvalue weighted by Gasteiger charge is 2.36. The number of aliphatic hydroxyl groups is 1. The van der Waals surface area contributed by atoms with Gasteiger partial charge in [-0.3, -0.25) is 4.79 Å². The van der Waals surface area contributed by atoms with E-state index in [4.69, 9.17) is 10.2 Å². The number of hydrogen-bond acceptors (Lipinski definition) is 7. The largest absolute Gasteiger partial charge is 0.437 e. The molecule has 0 saturated heterocycles. The Bertz CT molecular complexity index is 1380. The maximum Gasteiger partial charge on any atom is 0.229 e. The van der Waals surface area contributed by atoms with Crippen LogP contribution in [0.3, 0.4) is 0 Å². The minimum Gasteiger partial charge on any atom is -0.437 e. The molecule has 2 atom stereocenters. The fraction of sp³-hybridized carbons (Fsp3) is 0.259. The number of para-hydroxylation sites is 2. The van der Waals surface area contributed by atoms with Gasteiger partial charge in [0.1, 0.15) is 10.9 Å². The first-order valence-electron chi connectivity index (χ1n) is 11.7. The number of sulfone groups is 1. The number of carbonyl (C=O) groups is 1. The number of nitrogens with zero attached hydrogens (tertiary/aromatic N) is 1. The third-order valence-corrected chi connectivity index (χ3v) is 7.82. The lowest BCUT2D eigenvalue weighted by Crippen LogP contribution is -2.44. The second-order valence-corrected chi connectivity index (χ2v) is 11.0. The Morgan fingerprint density at radius 1 is 0.973 bits per heavy atom. The lowest BCUT2D eigenvalue weighted by atomic mass is 9.94. The molecule has 0 bridgehead atoms. The predicted molar refractivity (Wildman–Crippen MR) is 145 cm³/mol. The quantitative estimate of drug-likeness (QED) is 0.263. The highest BCUT2D eigenvalue weighted by atomic mass is 35.5. The first kappa shape index (κ1) is 28.3. The number of carbonyl (C=O) groups excluding carboxylic acids is 1. The van der Waals surface area contributed by atoms with Crippen molar-refractivity contribution in [3.63, 3.8) is 0 Å². The predicted octanol–water partition coefficient (Wildman–Crippen LogP) is 3.48. The average Bonchev–Trinajstić information content (AvgIpc) is 3.32. The second-order valence-electron chi connectivity index (χ2n) is 8.82. The Kier molecular flexibility index (Phi) is 9.45. The van der Waals surface area contributed by atoms with Crippen molar-refractivity contribution in [3.05, 3.63) is 102 Å². The number of fused-ring (bicyclic) bond motifs is 1. The van der Waals surface area contributed by atoms with Gasteiger partial charge in [-0.25, -0.2) is 13.4 Å². The molecule has 0 aliphatic carbocycles. The molecule has 8 nitrogen and oxygen atoms in total. The Morgan fingerprint density at radius 3 is 2.22 bits per heavy atom. The van der Waals surface area contributed by atoms with Crippen LogP contribution in [0.4, 0.5) is 0 Å². The van der Waals surface area contributed by atoms with Gasteiger partial charge in [0.05, 0.1) is 18.7 Å². The molecule has 196 valence electrons. The zero-order valence-electron chi connectivity index (χ0n) is 20.1. The number of oxazole rings is 1. The van der Waals surface area contributed by atoms with E-state index >= 15 is 0 Å². The van der Waals surface area contributed by atoms with E-state index < -0.39 is 33.1 Å². The third-order valence-electron chi connectivity index (χ3n) is 6.00. The Morgan fingerprint density at radius 2 is 1.57 bits per heavy atom. The maximum atomic E-state index is 12.7. The number of nitrogens with one attached hydrogen (secondary N) is 1. The van der Waals surface area contributed by atoms with Gasteiger partial charge in [0.25, 0.3) is 0 Å². The van der Waals surface area contributed by atoms with Gasteiger partial charge >= 0.3 is 0 Å². The molecule has 1 amide bonds. The van der Waals surface area contributed by atoms with Crippen LogP contribution in [-0.4, -0.2) is 36.3 Å². The number of amides is 1. The first-order chi connectivity index (χ1) is 17.2. The Balaban J connectivity index is 0.00000380. The lowest BCUT2D eigenvalue weighted by Gasteiger charge is -2.25. The van der Waals surface area contributed by atoms with Gasteiger partial charge in [0.2, 0.25) is 11.8 Å². The molecule has 0 spiro atoms. The van der Waals surface area contributed by atoms with Crippen LogP contribution in [0.15, 0.2) is 89.3 Å². The number of nitrogens with two attached hydrogens (primary N) is 1. The summed E-state index contributed by atoms with van der Waals surface area (Å²) in [5, 5.41) is 12.8. The first-order valence-corrected chi connectivity index (χ1v) is 13.4. The number of benzene rings is 3. The van der Waals surface area contributed by atoms with Crippen molar-refractivity contribution >= 4 is 39.3 Å². The van der Waals surface area contributed by atoms with Crippen molar-refractivity contribution in [1.82, 2.24) is 10.3 Å². The van der Waals surface area contributed by atoms with Crippen LogP contribution < -0.4 is 11.1 Å². The van der Waals surface area contributed by atoms with Crippen LogP contribution in [-0.2, 0) is 32.4 Å². The molecule has 4 N–H and O–H groups in total. The van der Waals surface area contributed by atoms with E-state index in [0.29, 0.717) is 23.1 Å². The van der Waals surface area contributed by atoms with Gasteiger partial charge in [0.15, 0.2) is 21.0 Å². The number of rotatable bonds is 11. The summed E-state index contributed by atoms with van der Waals surface area (Å²) >= 11 is 0. The average molecular weight is 544 g/mol. The molecular formula is C27H30ClN3O5S. The summed E-state index contributed by atoms with van der Waals surface area (Å²) in [6.07, 6.45) is 0.302. The summed E-state index contributed by atoms with van der Waals surface area (Å²) in [4.78, 5) is 17.1. The molecule has 0 aliphatic rings. The van der Waals surface area contributed by atoms with Crippen LogP contribution in [0.25, 0.3) is 11.1 Å². The zero-order chi connectivity index (χ0) is 25.6. The van der Waals surface area contributed by atoms with Crippen LogP contribution in [0.2, 0.25) is 0 Å². The van der Waals surface area contributed by atoms with Crippen LogP contribution in [0.1, 0.15) is 29.9 Å². The fourth-order valence-electron chi connectivity index (χ4n) is 3.88. The summed E-state index contributed by atoms with van der Waals surface area (Å²) in [7, 11) is -3.75. The van der Waals surface area contributed by atoms with Gasteiger partial charge in [-0.2, -0.15) is 0 Å². The maximum absolute atomic E-state index is 12.7. The summed E-state index contributed by atoms with van der Waals surface area (Å²) in [5.74, 6) is -0.763. The van der Waals surface area contributed by atoms with E-state index in [0.717, 1.165) is 5.56 Å². The van der Waals surface area contributed by atoms with Gasteiger partial charge in [0, 0.05) is 0 Å². The van der Waals surface area contributed by atoms with Crippen LogP contribution in [0, 0.1) is 0 Å². The second kappa shape index (κ2) is 12.3. The summed E-state index contributed by atoms with van der Waals surface area (Å²) in [5.41, 5.74) is 6.99. The zero-order valence-corrected chi connectivity index (χ0v) is 21.8. The number of aryl methyl sites for hydroxylation is 1. The van der Waals surface area contributed by atoms with Crippen molar-refractivity contribution in [3.8, 4) is 0 Å². The molecule has 10 heteroatoms. The molecule has 37 heavy (non-hydrogen) atoms. The number of halogens is 1. The van der Waals surface area contributed by atoms with Gasteiger partial charge < -0.3 is 20.6 Å². The van der Waals surface area contributed by atoms with E-state index in [1.54, 1.807) is 48.5 Å². The molecule has 4 aromatic rings. The lowest BCUT2D eigenvalue weighted by molar-refractivity contribution is -0.122. The van der Waals surface area contributed by atoms with Gasteiger partial charge in [-0.15, -0.1) is 12.4 Å².